The van der Waals surface area contributed by atoms with Gasteiger partial charge in [0.05, 0.1) is 6.61 Å². The average Bonchev–Trinajstić information content (AvgIpc) is 2.31. The summed E-state index contributed by atoms with van der Waals surface area (Å²) in [7, 11) is 0. The highest BCUT2D eigenvalue weighted by Crippen LogP contribution is 2.13. The zero-order chi connectivity index (χ0) is 13.1. The number of carbonyl (C=O) groups excluding carboxylic acids is 1. The highest BCUT2D eigenvalue weighted by molar-refractivity contribution is 5.58. The molecule has 0 amide bonds. The van der Waals surface area contributed by atoms with Crippen molar-refractivity contribution < 1.29 is 24.0 Å². The highest BCUT2D eigenvalue weighted by Gasteiger charge is 2.20. The summed E-state index contributed by atoms with van der Waals surface area (Å²) in [5.74, 6) is 0. The second-order valence-corrected chi connectivity index (χ2v) is 4.34. The lowest BCUT2D eigenvalue weighted by atomic mass is 10.1. The molecule has 0 radical (unpaired) electrons. The second kappa shape index (κ2) is 9.24. The zero-order valence-corrected chi connectivity index (χ0v) is 11.3. The van der Waals surface area contributed by atoms with Crippen molar-refractivity contribution in [2.75, 3.05) is 19.8 Å². The predicted octanol–water partition coefficient (Wildman–Crippen LogP) is 3.08. The fourth-order valence-electron chi connectivity index (χ4n) is 0.762. The molecule has 0 aliphatic heterocycles. The van der Waals surface area contributed by atoms with Gasteiger partial charge in [0.1, 0.15) is 12.2 Å². The summed E-state index contributed by atoms with van der Waals surface area (Å²) in [5.41, 5.74) is -0.489. The molecule has 0 saturated carbocycles. The first-order valence-corrected chi connectivity index (χ1v) is 6.12. The van der Waals surface area contributed by atoms with Crippen molar-refractivity contribution in [1.82, 2.24) is 0 Å². The van der Waals surface area contributed by atoms with Crippen LogP contribution in [0.2, 0.25) is 0 Å². The van der Waals surface area contributed by atoms with Gasteiger partial charge in [-0.05, 0) is 26.7 Å². The molecule has 0 aliphatic carbocycles. The van der Waals surface area contributed by atoms with E-state index in [0.717, 1.165) is 19.3 Å². The molecule has 0 unspecified atom stereocenters. The van der Waals surface area contributed by atoms with Crippen LogP contribution in [0.5, 0.6) is 0 Å². The van der Waals surface area contributed by atoms with Gasteiger partial charge in [-0.3, -0.25) is 4.89 Å². The molecule has 0 bridgehead atoms. The van der Waals surface area contributed by atoms with Gasteiger partial charge in [0, 0.05) is 6.61 Å². The van der Waals surface area contributed by atoms with Gasteiger partial charge in [-0.1, -0.05) is 20.3 Å². The Bertz CT molecular complexity index is 203. The molecule has 0 fully saturated rings. The van der Waals surface area contributed by atoms with E-state index in [9.17, 15) is 4.79 Å². The maximum atomic E-state index is 11.1. The Hall–Kier alpha value is -0.810. The van der Waals surface area contributed by atoms with Gasteiger partial charge in [-0.15, -0.1) is 0 Å². The first kappa shape index (κ1) is 16.2. The Morgan fingerprint density at radius 2 is 1.82 bits per heavy atom. The van der Waals surface area contributed by atoms with Crippen molar-refractivity contribution in [2.45, 2.75) is 52.6 Å². The van der Waals surface area contributed by atoms with Gasteiger partial charge < -0.3 is 9.47 Å². The van der Waals surface area contributed by atoms with Gasteiger partial charge in [0.25, 0.3) is 0 Å². The van der Waals surface area contributed by atoms with E-state index in [1.165, 1.54) is 0 Å². The third-order valence-corrected chi connectivity index (χ3v) is 2.28. The van der Waals surface area contributed by atoms with Crippen molar-refractivity contribution in [3.8, 4) is 0 Å². The number of rotatable bonds is 9. The van der Waals surface area contributed by atoms with Crippen LogP contribution in [0.1, 0.15) is 47.0 Å². The summed E-state index contributed by atoms with van der Waals surface area (Å²) in [6.07, 6.45) is 2.01. The third kappa shape index (κ3) is 10.1. The third-order valence-electron chi connectivity index (χ3n) is 2.28. The molecule has 0 heterocycles. The fourth-order valence-corrected chi connectivity index (χ4v) is 0.762. The number of hydrogen-bond acceptors (Lipinski definition) is 5. The molecule has 0 aromatic rings. The number of ether oxygens (including phenoxy) is 2. The molecule has 0 saturated heterocycles. The first-order valence-electron chi connectivity index (χ1n) is 6.12. The topological polar surface area (TPSA) is 54.0 Å². The second-order valence-electron chi connectivity index (χ2n) is 4.34. The van der Waals surface area contributed by atoms with Crippen molar-refractivity contribution >= 4 is 6.16 Å². The Morgan fingerprint density at radius 3 is 2.41 bits per heavy atom. The molecule has 0 spiro atoms. The Kier molecular flexibility index (Phi) is 8.80. The van der Waals surface area contributed by atoms with E-state index in [1.807, 2.05) is 20.8 Å². The fraction of sp³-hybridized carbons (Fsp3) is 0.917. The summed E-state index contributed by atoms with van der Waals surface area (Å²) in [4.78, 5) is 20.5. The molecule has 0 aliphatic rings. The van der Waals surface area contributed by atoms with Crippen LogP contribution in [-0.4, -0.2) is 31.6 Å². The highest BCUT2D eigenvalue weighted by atomic mass is 17.2. The first-order chi connectivity index (χ1) is 8.02. The summed E-state index contributed by atoms with van der Waals surface area (Å²) in [6.45, 7) is 8.93. The lowest BCUT2D eigenvalue weighted by molar-refractivity contribution is -0.317. The molecule has 5 heteroatoms. The SMILES string of the molecule is CCCCOCCOC(=O)OOC(C)(C)CC. The van der Waals surface area contributed by atoms with Crippen LogP contribution in [0.15, 0.2) is 0 Å². The average molecular weight is 248 g/mol. The van der Waals surface area contributed by atoms with Crippen LogP contribution in [0.3, 0.4) is 0 Å². The maximum absolute atomic E-state index is 11.1. The quantitative estimate of drug-likeness (QED) is 0.271. The van der Waals surface area contributed by atoms with Crippen LogP contribution in [-0.2, 0) is 19.2 Å². The predicted molar refractivity (Wildman–Crippen MR) is 63.6 cm³/mol. The van der Waals surface area contributed by atoms with E-state index in [2.05, 4.69) is 11.8 Å². The van der Waals surface area contributed by atoms with Crippen LogP contribution in [0.4, 0.5) is 4.79 Å². The summed E-state index contributed by atoms with van der Waals surface area (Å²) in [6, 6.07) is 0. The smallest absolute Gasteiger partial charge is 0.430 e. The monoisotopic (exact) mass is 248 g/mol. The van der Waals surface area contributed by atoms with E-state index in [4.69, 9.17) is 14.4 Å². The molecule has 0 N–H and O–H groups in total. The molecule has 0 rings (SSSR count). The van der Waals surface area contributed by atoms with Crippen molar-refractivity contribution in [2.24, 2.45) is 0 Å². The van der Waals surface area contributed by atoms with Gasteiger partial charge in [0.15, 0.2) is 0 Å². The maximum Gasteiger partial charge on any atom is 0.540 e. The van der Waals surface area contributed by atoms with Crippen LogP contribution >= 0.6 is 0 Å². The zero-order valence-electron chi connectivity index (χ0n) is 11.3. The van der Waals surface area contributed by atoms with Crippen LogP contribution in [0, 0.1) is 0 Å². The van der Waals surface area contributed by atoms with E-state index >= 15 is 0 Å². The van der Waals surface area contributed by atoms with E-state index < -0.39 is 11.8 Å². The minimum Gasteiger partial charge on any atom is -0.430 e. The molecular formula is C12H24O5. The minimum absolute atomic E-state index is 0.179. The summed E-state index contributed by atoms with van der Waals surface area (Å²) in [5, 5.41) is 0. The number of hydrogen-bond donors (Lipinski definition) is 0. The Morgan fingerprint density at radius 1 is 1.12 bits per heavy atom. The van der Waals surface area contributed by atoms with Crippen LogP contribution < -0.4 is 0 Å². The largest absolute Gasteiger partial charge is 0.540 e. The molecule has 102 valence electrons. The van der Waals surface area contributed by atoms with Gasteiger partial charge in [0.2, 0.25) is 0 Å². The Balaban J connectivity index is 3.41. The molecule has 5 nitrogen and oxygen atoms in total. The molecular weight excluding hydrogens is 224 g/mol. The van der Waals surface area contributed by atoms with Gasteiger partial charge >= 0.3 is 6.16 Å². The molecule has 0 aromatic heterocycles. The number of unbranched alkanes of at least 4 members (excludes halogenated alkanes) is 1. The van der Waals surface area contributed by atoms with Crippen molar-refractivity contribution in [3.63, 3.8) is 0 Å². The van der Waals surface area contributed by atoms with E-state index in [0.29, 0.717) is 13.2 Å². The number of carbonyl (C=O) groups is 1. The van der Waals surface area contributed by atoms with E-state index in [-0.39, 0.29) is 6.61 Å². The standard InChI is InChI=1S/C12H24O5/c1-5-7-8-14-9-10-15-11(13)16-17-12(3,4)6-2/h5-10H2,1-4H3. The summed E-state index contributed by atoms with van der Waals surface area (Å²) < 4.78 is 9.97. The van der Waals surface area contributed by atoms with E-state index in [1.54, 1.807) is 0 Å². The van der Waals surface area contributed by atoms with Gasteiger partial charge in [-0.2, -0.15) is 4.89 Å². The minimum atomic E-state index is -0.828. The van der Waals surface area contributed by atoms with Crippen molar-refractivity contribution in [1.29, 1.82) is 0 Å². The van der Waals surface area contributed by atoms with Crippen LogP contribution in [0.25, 0.3) is 0 Å². The summed E-state index contributed by atoms with van der Waals surface area (Å²) >= 11 is 0. The lowest BCUT2D eigenvalue weighted by Crippen LogP contribution is -2.25. The lowest BCUT2D eigenvalue weighted by Gasteiger charge is -2.19. The molecule has 0 aromatic carbocycles. The van der Waals surface area contributed by atoms with Gasteiger partial charge in [-0.25, -0.2) is 4.79 Å². The Labute approximate surface area is 103 Å². The van der Waals surface area contributed by atoms with Crippen molar-refractivity contribution in [3.05, 3.63) is 0 Å². The normalized spacial score (nSPS) is 11.3. The molecule has 0 atom stereocenters. The molecule has 17 heavy (non-hydrogen) atoms.